The SMILES string of the molecule is C1CC(CNCC2CC3(CCC3)C2)C1. The van der Waals surface area contributed by atoms with Gasteiger partial charge in [0.05, 0.1) is 0 Å². The molecule has 0 heterocycles. The highest BCUT2D eigenvalue weighted by Gasteiger charge is 2.47. The summed E-state index contributed by atoms with van der Waals surface area (Å²) in [4.78, 5) is 0. The molecular formula is C13H23N. The first-order valence-corrected chi connectivity index (χ1v) is 6.57. The van der Waals surface area contributed by atoms with E-state index in [-0.39, 0.29) is 0 Å². The average Bonchev–Trinajstić information content (AvgIpc) is 1.93. The average molecular weight is 193 g/mol. The first-order chi connectivity index (χ1) is 6.86. The van der Waals surface area contributed by atoms with E-state index >= 15 is 0 Å². The van der Waals surface area contributed by atoms with Crippen LogP contribution < -0.4 is 5.32 Å². The van der Waals surface area contributed by atoms with Gasteiger partial charge in [-0.2, -0.15) is 0 Å². The fraction of sp³-hybridized carbons (Fsp3) is 1.00. The van der Waals surface area contributed by atoms with Gasteiger partial charge in [0.2, 0.25) is 0 Å². The smallest absolute Gasteiger partial charge is 0.00200 e. The second-order valence-corrected chi connectivity index (χ2v) is 6.08. The molecule has 0 aromatic rings. The molecule has 0 bridgehead atoms. The van der Waals surface area contributed by atoms with Crippen LogP contribution in [0.25, 0.3) is 0 Å². The van der Waals surface area contributed by atoms with Gasteiger partial charge in [0, 0.05) is 0 Å². The molecule has 14 heavy (non-hydrogen) atoms. The molecule has 1 spiro atoms. The van der Waals surface area contributed by atoms with Crippen LogP contribution in [0, 0.1) is 17.3 Å². The van der Waals surface area contributed by atoms with Gasteiger partial charge in [-0.1, -0.05) is 12.8 Å². The standard InChI is InChI=1S/C13H23N/c1-3-11(4-1)9-14-10-12-7-13(8-12)5-2-6-13/h11-12,14H,1-10H2. The molecule has 3 saturated carbocycles. The summed E-state index contributed by atoms with van der Waals surface area (Å²) in [5.41, 5.74) is 0.878. The molecule has 0 atom stereocenters. The molecular weight excluding hydrogens is 170 g/mol. The number of hydrogen-bond acceptors (Lipinski definition) is 1. The van der Waals surface area contributed by atoms with E-state index in [2.05, 4.69) is 5.32 Å². The quantitative estimate of drug-likeness (QED) is 0.724. The molecule has 3 aliphatic rings. The van der Waals surface area contributed by atoms with E-state index in [1.54, 1.807) is 25.7 Å². The van der Waals surface area contributed by atoms with Gasteiger partial charge in [0.25, 0.3) is 0 Å². The highest BCUT2D eigenvalue weighted by atomic mass is 14.9. The summed E-state index contributed by atoms with van der Waals surface area (Å²) in [6, 6.07) is 0. The van der Waals surface area contributed by atoms with Crippen molar-refractivity contribution in [1.29, 1.82) is 0 Å². The lowest BCUT2D eigenvalue weighted by molar-refractivity contribution is -0.0240. The van der Waals surface area contributed by atoms with Gasteiger partial charge >= 0.3 is 0 Å². The molecule has 3 aliphatic carbocycles. The molecule has 3 rings (SSSR count). The van der Waals surface area contributed by atoms with Crippen LogP contribution in [0.1, 0.15) is 51.4 Å². The van der Waals surface area contributed by atoms with E-state index in [9.17, 15) is 0 Å². The lowest BCUT2D eigenvalue weighted by atomic mass is 9.52. The van der Waals surface area contributed by atoms with Crippen molar-refractivity contribution in [2.24, 2.45) is 17.3 Å². The van der Waals surface area contributed by atoms with E-state index in [0.717, 1.165) is 17.3 Å². The zero-order valence-corrected chi connectivity index (χ0v) is 9.23. The number of nitrogens with one attached hydrogen (secondary N) is 1. The van der Waals surface area contributed by atoms with Crippen LogP contribution in [0.15, 0.2) is 0 Å². The highest BCUT2D eigenvalue weighted by Crippen LogP contribution is 2.58. The van der Waals surface area contributed by atoms with E-state index in [0.29, 0.717) is 0 Å². The van der Waals surface area contributed by atoms with Gasteiger partial charge in [0.1, 0.15) is 0 Å². The van der Waals surface area contributed by atoms with Crippen molar-refractivity contribution in [1.82, 2.24) is 5.32 Å². The van der Waals surface area contributed by atoms with Crippen LogP contribution in [0.4, 0.5) is 0 Å². The number of rotatable bonds is 4. The minimum absolute atomic E-state index is 0.878. The predicted octanol–water partition coefficient (Wildman–Crippen LogP) is 2.96. The molecule has 1 nitrogen and oxygen atoms in total. The largest absolute Gasteiger partial charge is 0.316 e. The van der Waals surface area contributed by atoms with Crippen molar-refractivity contribution in [2.75, 3.05) is 13.1 Å². The number of hydrogen-bond donors (Lipinski definition) is 1. The maximum atomic E-state index is 3.68. The van der Waals surface area contributed by atoms with Crippen molar-refractivity contribution in [2.45, 2.75) is 51.4 Å². The minimum Gasteiger partial charge on any atom is -0.316 e. The van der Waals surface area contributed by atoms with Crippen molar-refractivity contribution < 1.29 is 0 Å². The van der Waals surface area contributed by atoms with E-state index in [1.165, 1.54) is 38.8 Å². The highest BCUT2D eigenvalue weighted by molar-refractivity contribution is 4.99. The Kier molecular flexibility index (Phi) is 2.31. The van der Waals surface area contributed by atoms with Gasteiger partial charge < -0.3 is 5.32 Å². The zero-order valence-electron chi connectivity index (χ0n) is 9.23. The Hall–Kier alpha value is -0.0400. The van der Waals surface area contributed by atoms with Crippen molar-refractivity contribution in [3.63, 3.8) is 0 Å². The van der Waals surface area contributed by atoms with E-state index in [4.69, 9.17) is 0 Å². The van der Waals surface area contributed by atoms with Crippen LogP contribution in [0.2, 0.25) is 0 Å². The van der Waals surface area contributed by atoms with Crippen LogP contribution in [0.3, 0.4) is 0 Å². The zero-order chi connectivity index (χ0) is 9.43. The summed E-state index contributed by atoms with van der Waals surface area (Å²) in [5, 5.41) is 3.68. The minimum atomic E-state index is 0.878. The molecule has 0 aromatic heterocycles. The third-order valence-electron chi connectivity index (χ3n) is 4.95. The Morgan fingerprint density at radius 3 is 2.14 bits per heavy atom. The Morgan fingerprint density at radius 2 is 1.64 bits per heavy atom. The summed E-state index contributed by atoms with van der Waals surface area (Å²) in [5.74, 6) is 2.07. The topological polar surface area (TPSA) is 12.0 Å². The summed E-state index contributed by atoms with van der Waals surface area (Å²) in [6.07, 6.45) is 12.2. The van der Waals surface area contributed by atoms with Crippen LogP contribution in [-0.4, -0.2) is 13.1 Å². The van der Waals surface area contributed by atoms with E-state index < -0.39 is 0 Å². The first-order valence-electron chi connectivity index (χ1n) is 6.57. The van der Waals surface area contributed by atoms with Gasteiger partial charge in [-0.05, 0) is 68.9 Å². The fourth-order valence-corrected chi connectivity index (χ4v) is 3.58. The fourth-order valence-electron chi connectivity index (χ4n) is 3.58. The van der Waals surface area contributed by atoms with Crippen LogP contribution in [-0.2, 0) is 0 Å². The second-order valence-electron chi connectivity index (χ2n) is 6.08. The lowest BCUT2D eigenvalue weighted by Crippen LogP contribution is -2.46. The second kappa shape index (κ2) is 3.52. The summed E-state index contributed by atoms with van der Waals surface area (Å²) < 4.78 is 0. The molecule has 0 radical (unpaired) electrons. The Balaban J connectivity index is 1.27. The molecule has 1 N–H and O–H groups in total. The molecule has 0 amide bonds. The normalized spacial score (nSPS) is 30.9. The van der Waals surface area contributed by atoms with Crippen molar-refractivity contribution in [3.05, 3.63) is 0 Å². The molecule has 0 aromatic carbocycles. The maximum Gasteiger partial charge on any atom is -0.00200 e. The van der Waals surface area contributed by atoms with Gasteiger partial charge in [0.15, 0.2) is 0 Å². The molecule has 3 fully saturated rings. The third-order valence-corrected chi connectivity index (χ3v) is 4.95. The summed E-state index contributed by atoms with van der Waals surface area (Å²) in [6.45, 7) is 2.63. The van der Waals surface area contributed by atoms with Gasteiger partial charge in [-0.15, -0.1) is 0 Å². The molecule has 0 aliphatic heterocycles. The summed E-state index contributed by atoms with van der Waals surface area (Å²) >= 11 is 0. The Morgan fingerprint density at radius 1 is 0.929 bits per heavy atom. The van der Waals surface area contributed by atoms with Crippen LogP contribution >= 0.6 is 0 Å². The third kappa shape index (κ3) is 1.60. The van der Waals surface area contributed by atoms with Crippen molar-refractivity contribution >= 4 is 0 Å². The Labute approximate surface area is 87.7 Å². The predicted molar refractivity (Wildman–Crippen MR) is 59.2 cm³/mol. The maximum absolute atomic E-state index is 3.68. The monoisotopic (exact) mass is 193 g/mol. The summed E-state index contributed by atoms with van der Waals surface area (Å²) in [7, 11) is 0. The Bertz CT molecular complexity index is 195. The molecule has 0 unspecified atom stereocenters. The lowest BCUT2D eigenvalue weighted by Gasteiger charge is -2.54. The van der Waals surface area contributed by atoms with Gasteiger partial charge in [-0.3, -0.25) is 0 Å². The first kappa shape index (κ1) is 9.21. The van der Waals surface area contributed by atoms with Crippen LogP contribution in [0.5, 0.6) is 0 Å². The molecule has 1 heteroatoms. The molecule has 0 saturated heterocycles. The molecule has 80 valence electrons. The van der Waals surface area contributed by atoms with Crippen molar-refractivity contribution in [3.8, 4) is 0 Å². The van der Waals surface area contributed by atoms with E-state index in [1.807, 2.05) is 0 Å². The van der Waals surface area contributed by atoms with Gasteiger partial charge in [-0.25, -0.2) is 0 Å².